The maximum Gasteiger partial charge on any atom is 0.416 e. The molecule has 0 unspecified atom stereocenters. The van der Waals surface area contributed by atoms with Gasteiger partial charge >= 0.3 is 12.1 Å². The molecule has 0 spiro atoms. The van der Waals surface area contributed by atoms with Gasteiger partial charge in [-0.25, -0.2) is 4.79 Å². The highest BCUT2D eigenvalue weighted by Gasteiger charge is 2.33. The Morgan fingerprint density at radius 2 is 1.67 bits per heavy atom. The topological polar surface area (TPSA) is 63.6 Å². The number of halogens is 3. The Balaban J connectivity index is 2.11. The van der Waals surface area contributed by atoms with Crippen LogP contribution in [-0.2, 0) is 17.4 Å². The van der Waals surface area contributed by atoms with Gasteiger partial charge in [0.1, 0.15) is 5.75 Å². The molecule has 0 amide bonds. The van der Waals surface area contributed by atoms with Crippen molar-refractivity contribution in [2.75, 3.05) is 0 Å². The number of alkyl halides is 3. The van der Waals surface area contributed by atoms with Gasteiger partial charge in [0.2, 0.25) is 0 Å². The van der Waals surface area contributed by atoms with Crippen LogP contribution in [0.3, 0.4) is 0 Å². The second-order valence-corrected chi connectivity index (χ2v) is 6.92. The number of ketones is 1. The standard InChI is InChI=1S/C20H17F3O4/c1-19(2,18(25)26)27-17-9-12-5-8-16(24)14(12)10-15(17)11-3-6-13(7-4-11)20(21,22)23/h3-4,6-7,9-10H,5,8H2,1-2H3,(H,25,26). The van der Waals surface area contributed by atoms with E-state index >= 15 is 0 Å². The minimum Gasteiger partial charge on any atom is -0.478 e. The molecule has 2 aromatic carbocycles. The van der Waals surface area contributed by atoms with Crippen LogP contribution in [0.1, 0.15) is 41.8 Å². The third-order valence-electron chi connectivity index (χ3n) is 4.53. The highest BCUT2D eigenvalue weighted by atomic mass is 19.4. The molecule has 0 radical (unpaired) electrons. The summed E-state index contributed by atoms with van der Waals surface area (Å²) in [5.74, 6) is -1.02. The predicted octanol–water partition coefficient (Wildman–Crippen LogP) is 4.74. The van der Waals surface area contributed by atoms with Crippen molar-refractivity contribution in [3.05, 3.63) is 53.1 Å². The fourth-order valence-corrected chi connectivity index (χ4v) is 2.94. The summed E-state index contributed by atoms with van der Waals surface area (Å²) >= 11 is 0. The summed E-state index contributed by atoms with van der Waals surface area (Å²) in [5, 5.41) is 9.32. The molecule has 7 heteroatoms. The molecule has 0 atom stereocenters. The third-order valence-corrected chi connectivity index (χ3v) is 4.53. The summed E-state index contributed by atoms with van der Waals surface area (Å²) in [6.07, 6.45) is -3.60. The lowest BCUT2D eigenvalue weighted by Crippen LogP contribution is -2.38. The smallest absolute Gasteiger partial charge is 0.416 e. The molecular formula is C20H17F3O4. The van der Waals surface area contributed by atoms with Gasteiger partial charge in [0.15, 0.2) is 11.4 Å². The number of carboxylic acid groups (broad SMARTS) is 1. The number of fused-ring (bicyclic) bond motifs is 1. The maximum absolute atomic E-state index is 12.8. The molecule has 1 N–H and O–H groups in total. The first-order valence-electron chi connectivity index (χ1n) is 8.29. The zero-order chi connectivity index (χ0) is 20.0. The van der Waals surface area contributed by atoms with Gasteiger partial charge in [0, 0.05) is 17.5 Å². The fraction of sp³-hybridized carbons (Fsp3) is 0.300. The molecule has 0 aromatic heterocycles. The Morgan fingerprint density at radius 1 is 1.04 bits per heavy atom. The molecule has 2 aromatic rings. The predicted molar refractivity (Wildman–Crippen MR) is 91.9 cm³/mol. The molecule has 1 aliphatic carbocycles. The first-order valence-corrected chi connectivity index (χ1v) is 8.29. The molecule has 0 saturated carbocycles. The Kier molecular flexibility index (Phi) is 4.49. The van der Waals surface area contributed by atoms with Gasteiger partial charge in [-0.15, -0.1) is 0 Å². The first-order chi connectivity index (χ1) is 12.5. The van der Waals surface area contributed by atoms with Gasteiger partial charge in [0.05, 0.1) is 5.56 Å². The van der Waals surface area contributed by atoms with Crippen LogP contribution in [0.5, 0.6) is 5.75 Å². The van der Waals surface area contributed by atoms with Crippen LogP contribution in [0, 0.1) is 0 Å². The Bertz CT molecular complexity index is 912. The minimum absolute atomic E-state index is 0.0535. The monoisotopic (exact) mass is 378 g/mol. The van der Waals surface area contributed by atoms with Crippen LogP contribution >= 0.6 is 0 Å². The number of hydrogen-bond donors (Lipinski definition) is 1. The second kappa shape index (κ2) is 6.40. The number of hydrogen-bond acceptors (Lipinski definition) is 3. The number of carbonyl (C=O) groups is 2. The van der Waals surface area contributed by atoms with E-state index < -0.39 is 23.3 Å². The van der Waals surface area contributed by atoms with Crippen molar-refractivity contribution >= 4 is 11.8 Å². The van der Waals surface area contributed by atoms with Crippen molar-refractivity contribution in [1.82, 2.24) is 0 Å². The summed E-state index contributed by atoms with van der Waals surface area (Å²) in [6.45, 7) is 2.76. The van der Waals surface area contributed by atoms with Crippen molar-refractivity contribution < 1.29 is 32.6 Å². The van der Waals surface area contributed by atoms with Gasteiger partial charge in [-0.3, -0.25) is 4.79 Å². The van der Waals surface area contributed by atoms with Crippen molar-refractivity contribution in [3.63, 3.8) is 0 Å². The molecule has 27 heavy (non-hydrogen) atoms. The minimum atomic E-state index is -4.46. The molecule has 4 nitrogen and oxygen atoms in total. The maximum atomic E-state index is 12.8. The van der Waals surface area contributed by atoms with E-state index in [-0.39, 0.29) is 11.5 Å². The van der Waals surface area contributed by atoms with Crippen LogP contribution in [0.25, 0.3) is 11.1 Å². The zero-order valence-electron chi connectivity index (χ0n) is 14.7. The largest absolute Gasteiger partial charge is 0.478 e. The molecule has 142 valence electrons. The number of Topliss-reactive ketones (excluding diaryl/α,β-unsaturated/α-hetero) is 1. The molecule has 1 aliphatic rings. The van der Waals surface area contributed by atoms with E-state index in [1.165, 1.54) is 26.0 Å². The molecule has 0 heterocycles. The van der Waals surface area contributed by atoms with E-state index in [9.17, 15) is 27.9 Å². The van der Waals surface area contributed by atoms with Crippen molar-refractivity contribution in [1.29, 1.82) is 0 Å². The molecule has 0 bridgehead atoms. The van der Waals surface area contributed by atoms with Gasteiger partial charge in [-0.1, -0.05) is 12.1 Å². The number of aliphatic carboxylic acids is 1. The van der Waals surface area contributed by atoms with E-state index in [2.05, 4.69) is 0 Å². The summed E-state index contributed by atoms with van der Waals surface area (Å²) in [6, 6.07) is 7.63. The average Bonchev–Trinajstić information content (AvgIpc) is 2.93. The van der Waals surface area contributed by atoms with Crippen molar-refractivity contribution in [2.24, 2.45) is 0 Å². The quantitative estimate of drug-likeness (QED) is 0.834. The summed E-state index contributed by atoms with van der Waals surface area (Å²) < 4.78 is 44.1. The average molecular weight is 378 g/mol. The normalized spacial score (nSPS) is 14.2. The number of carbonyl (C=O) groups excluding carboxylic acids is 1. The Morgan fingerprint density at radius 3 is 2.22 bits per heavy atom. The van der Waals surface area contributed by atoms with Gasteiger partial charge < -0.3 is 9.84 Å². The first kappa shape index (κ1) is 18.9. The number of aryl methyl sites for hydroxylation is 1. The fourth-order valence-electron chi connectivity index (χ4n) is 2.94. The lowest BCUT2D eigenvalue weighted by Gasteiger charge is -2.24. The second-order valence-electron chi connectivity index (χ2n) is 6.92. The van der Waals surface area contributed by atoms with E-state index in [1.54, 1.807) is 12.1 Å². The highest BCUT2D eigenvalue weighted by molar-refractivity contribution is 6.02. The zero-order valence-corrected chi connectivity index (χ0v) is 14.7. The van der Waals surface area contributed by atoms with E-state index in [0.717, 1.165) is 17.7 Å². The van der Waals surface area contributed by atoms with Crippen LogP contribution in [0.15, 0.2) is 36.4 Å². The number of ether oxygens (including phenoxy) is 1. The summed E-state index contributed by atoms with van der Waals surface area (Å²) in [5.41, 5.74) is -0.319. The number of carboxylic acids is 1. The molecule has 3 rings (SSSR count). The van der Waals surface area contributed by atoms with Crippen molar-refractivity contribution in [2.45, 2.75) is 38.5 Å². The van der Waals surface area contributed by atoms with E-state index in [0.29, 0.717) is 29.5 Å². The number of benzene rings is 2. The van der Waals surface area contributed by atoms with Crippen LogP contribution in [0.4, 0.5) is 13.2 Å². The lowest BCUT2D eigenvalue weighted by atomic mass is 9.97. The summed E-state index contributed by atoms with van der Waals surface area (Å²) in [7, 11) is 0. The van der Waals surface area contributed by atoms with Gasteiger partial charge in [-0.05, 0) is 55.7 Å². The third kappa shape index (κ3) is 3.67. The molecular weight excluding hydrogens is 361 g/mol. The van der Waals surface area contributed by atoms with Crippen molar-refractivity contribution in [3.8, 4) is 16.9 Å². The van der Waals surface area contributed by atoms with Crippen LogP contribution in [0.2, 0.25) is 0 Å². The Labute approximate surface area is 153 Å². The van der Waals surface area contributed by atoms with Gasteiger partial charge in [-0.2, -0.15) is 13.2 Å². The van der Waals surface area contributed by atoms with Crippen LogP contribution in [-0.4, -0.2) is 22.5 Å². The molecule has 0 fully saturated rings. The highest BCUT2D eigenvalue weighted by Crippen LogP contribution is 2.39. The van der Waals surface area contributed by atoms with E-state index in [4.69, 9.17) is 4.74 Å². The SMILES string of the molecule is CC(C)(Oc1cc2c(cc1-c1ccc(C(F)(F)F)cc1)C(=O)CC2)C(=O)O. The van der Waals surface area contributed by atoms with Gasteiger partial charge in [0.25, 0.3) is 0 Å². The summed E-state index contributed by atoms with van der Waals surface area (Å²) in [4.78, 5) is 23.5. The molecule has 0 aliphatic heterocycles. The number of rotatable bonds is 4. The lowest BCUT2D eigenvalue weighted by molar-refractivity contribution is -0.152. The van der Waals surface area contributed by atoms with E-state index in [1.807, 2.05) is 0 Å². The molecule has 0 saturated heterocycles. The Hall–Kier alpha value is -2.83. The van der Waals surface area contributed by atoms with Crippen LogP contribution < -0.4 is 4.74 Å².